The number of ether oxygens (including phenoxy) is 1. The van der Waals surface area contributed by atoms with Gasteiger partial charge in [-0.15, -0.1) is 0 Å². The summed E-state index contributed by atoms with van der Waals surface area (Å²) < 4.78 is 10.9. The van der Waals surface area contributed by atoms with Crippen molar-refractivity contribution in [1.29, 1.82) is 0 Å². The number of hydrogen-bond donors (Lipinski definition) is 4. The predicted molar refractivity (Wildman–Crippen MR) is 97.3 cm³/mol. The Balaban J connectivity index is 1.43. The number of amides is 3. The minimum absolute atomic E-state index is 0.0367. The Morgan fingerprint density at radius 1 is 1.22 bits per heavy atom. The minimum atomic E-state index is -0.474. The Kier molecular flexibility index (Phi) is 6.33. The summed E-state index contributed by atoms with van der Waals surface area (Å²) in [4.78, 5) is 23.9. The molecule has 3 atom stereocenters. The molecule has 1 aromatic heterocycles. The maximum Gasteiger partial charge on any atom is 0.319 e. The van der Waals surface area contributed by atoms with Crippen molar-refractivity contribution in [2.24, 2.45) is 5.92 Å². The van der Waals surface area contributed by atoms with Crippen LogP contribution in [0.25, 0.3) is 0 Å². The van der Waals surface area contributed by atoms with E-state index in [1.807, 2.05) is 0 Å². The van der Waals surface area contributed by atoms with E-state index >= 15 is 0 Å². The van der Waals surface area contributed by atoms with E-state index < -0.39 is 6.10 Å². The van der Waals surface area contributed by atoms with Crippen LogP contribution in [0.1, 0.15) is 43.6 Å². The number of aliphatic hydroxyl groups is 1. The molecule has 1 aliphatic heterocycles. The normalized spacial score (nSPS) is 25.1. The van der Waals surface area contributed by atoms with E-state index in [0.29, 0.717) is 36.5 Å². The van der Waals surface area contributed by atoms with E-state index in [2.05, 4.69) is 21.1 Å². The van der Waals surface area contributed by atoms with Crippen LogP contribution in [0.5, 0.6) is 0 Å². The van der Waals surface area contributed by atoms with Gasteiger partial charge >= 0.3 is 6.03 Å². The Morgan fingerprint density at radius 2 is 2.00 bits per heavy atom. The number of urea groups is 1. The lowest BCUT2D eigenvalue weighted by molar-refractivity contribution is -0.122. The Bertz CT molecular complexity index is 653. The zero-order valence-corrected chi connectivity index (χ0v) is 15.8. The fourth-order valence-corrected chi connectivity index (χ4v) is 3.33. The molecular formula is C18H28N4O5. The predicted octanol–water partition coefficient (Wildman–Crippen LogP) is 1.24. The lowest BCUT2D eigenvalue weighted by atomic mass is 9.97. The summed E-state index contributed by atoms with van der Waals surface area (Å²) in [6, 6.07) is -0.667. The molecule has 2 aliphatic rings. The van der Waals surface area contributed by atoms with Crippen LogP contribution in [0.2, 0.25) is 0 Å². The van der Waals surface area contributed by atoms with Gasteiger partial charge in [0.2, 0.25) is 5.91 Å². The topological polar surface area (TPSA) is 126 Å². The highest BCUT2D eigenvalue weighted by Gasteiger charge is 2.33. The molecule has 2 heterocycles. The first-order valence-corrected chi connectivity index (χ1v) is 9.52. The van der Waals surface area contributed by atoms with Crippen molar-refractivity contribution in [1.82, 2.24) is 15.8 Å². The van der Waals surface area contributed by atoms with Gasteiger partial charge in [0.05, 0.1) is 18.8 Å². The molecule has 0 radical (unpaired) electrons. The molecule has 1 saturated carbocycles. The summed E-state index contributed by atoms with van der Waals surface area (Å²) >= 11 is 0. The van der Waals surface area contributed by atoms with Crippen LogP contribution in [-0.4, -0.2) is 53.6 Å². The van der Waals surface area contributed by atoms with Crippen LogP contribution in [0, 0.1) is 19.8 Å². The summed E-state index contributed by atoms with van der Waals surface area (Å²) in [5.74, 6) is 0.863. The lowest BCUT2D eigenvalue weighted by Crippen LogP contribution is -2.52. The lowest BCUT2D eigenvalue weighted by Gasteiger charge is -2.36. The number of carbonyl (C=O) groups excluding carboxylic acids is 2. The van der Waals surface area contributed by atoms with Crippen molar-refractivity contribution in [3.05, 3.63) is 11.5 Å². The number of aliphatic hydroxyl groups excluding tert-OH is 1. The van der Waals surface area contributed by atoms with E-state index in [9.17, 15) is 14.7 Å². The van der Waals surface area contributed by atoms with Crippen molar-refractivity contribution < 1.29 is 24.0 Å². The van der Waals surface area contributed by atoms with Gasteiger partial charge < -0.3 is 30.3 Å². The molecule has 2 fully saturated rings. The molecule has 1 aromatic rings. The molecular weight excluding hydrogens is 352 g/mol. The number of anilines is 1. The number of nitrogens with one attached hydrogen (secondary N) is 3. The number of nitrogens with zero attached hydrogens (tertiary/aromatic N) is 1. The summed E-state index contributed by atoms with van der Waals surface area (Å²) in [5, 5.41) is 22.0. The number of carbonyl (C=O) groups is 2. The highest BCUT2D eigenvalue weighted by atomic mass is 16.5. The number of rotatable bonds is 7. The molecule has 0 spiro atoms. The molecule has 0 bridgehead atoms. The summed E-state index contributed by atoms with van der Waals surface area (Å²) in [5.41, 5.74) is 1.16. The molecule has 3 amide bonds. The second kappa shape index (κ2) is 8.71. The monoisotopic (exact) mass is 380 g/mol. The van der Waals surface area contributed by atoms with Gasteiger partial charge in [0.1, 0.15) is 17.5 Å². The summed E-state index contributed by atoms with van der Waals surface area (Å²) in [7, 11) is 0. The molecule has 1 saturated heterocycles. The van der Waals surface area contributed by atoms with Gasteiger partial charge in [0, 0.05) is 12.5 Å². The third-order valence-electron chi connectivity index (χ3n) is 5.10. The molecule has 9 heteroatoms. The fourth-order valence-electron chi connectivity index (χ4n) is 3.33. The Hall–Kier alpha value is -2.13. The van der Waals surface area contributed by atoms with Gasteiger partial charge in [-0.1, -0.05) is 5.16 Å². The largest absolute Gasteiger partial charge is 0.394 e. The fraction of sp³-hybridized carbons (Fsp3) is 0.722. The second-order valence-electron chi connectivity index (χ2n) is 7.31. The first-order chi connectivity index (χ1) is 13.0. The number of aryl methyl sites for hydroxylation is 2. The molecule has 1 aliphatic carbocycles. The SMILES string of the molecule is Cc1noc(C)c1NC(=O)N[C@@H]1CC[C@H](CCNC(=O)C2CC2)O[C@@H]1CO. The maximum atomic E-state index is 12.3. The third-order valence-corrected chi connectivity index (χ3v) is 5.10. The molecule has 3 rings (SSSR count). The molecule has 150 valence electrons. The van der Waals surface area contributed by atoms with Gasteiger partial charge in [-0.2, -0.15) is 0 Å². The average Bonchev–Trinajstić information content (AvgIpc) is 3.45. The van der Waals surface area contributed by atoms with Crippen LogP contribution >= 0.6 is 0 Å². The molecule has 0 aromatic carbocycles. The first kappa shape index (κ1) is 19.6. The Morgan fingerprint density at radius 3 is 2.63 bits per heavy atom. The molecule has 4 N–H and O–H groups in total. The van der Waals surface area contributed by atoms with Crippen molar-refractivity contribution in [2.45, 2.75) is 64.2 Å². The van der Waals surface area contributed by atoms with Gasteiger partial charge in [-0.05, 0) is 46.0 Å². The van der Waals surface area contributed by atoms with Gasteiger partial charge in [-0.25, -0.2) is 4.79 Å². The molecule has 9 nitrogen and oxygen atoms in total. The maximum absolute atomic E-state index is 12.3. The van der Waals surface area contributed by atoms with Gasteiger partial charge in [-0.3, -0.25) is 4.79 Å². The molecule has 0 unspecified atom stereocenters. The zero-order valence-electron chi connectivity index (χ0n) is 15.8. The third kappa shape index (κ3) is 5.20. The summed E-state index contributed by atoms with van der Waals surface area (Å²) in [6.45, 7) is 3.87. The van der Waals surface area contributed by atoms with Gasteiger partial charge in [0.15, 0.2) is 5.76 Å². The highest BCUT2D eigenvalue weighted by molar-refractivity contribution is 5.90. The van der Waals surface area contributed by atoms with E-state index in [4.69, 9.17) is 9.26 Å². The second-order valence-corrected chi connectivity index (χ2v) is 7.31. The Labute approximate surface area is 158 Å². The van der Waals surface area contributed by atoms with E-state index in [-0.39, 0.29) is 36.6 Å². The smallest absolute Gasteiger partial charge is 0.319 e. The summed E-state index contributed by atoms with van der Waals surface area (Å²) in [6.07, 6.45) is 3.62. The van der Waals surface area contributed by atoms with Gasteiger partial charge in [0.25, 0.3) is 0 Å². The molecule has 27 heavy (non-hydrogen) atoms. The van der Waals surface area contributed by atoms with Crippen molar-refractivity contribution >= 4 is 17.6 Å². The van der Waals surface area contributed by atoms with Crippen LogP contribution in [0.4, 0.5) is 10.5 Å². The minimum Gasteiger partial charge on any atom is -0.394 e. The van der Waals surface area contributed by atoms with Crippen LogP contribution in [-0.2, 0) is 9.53 Å². The zero-order chi connectivity index (χ0) is 19.4. The van der Waals surface area contributed by atoms with Crippen molar-refractivity contribution in [2.75, 3.05) is 18.5 Å². The van der Waals surface area contributed by atoms with Crippen LogP contribution < -0.4 is 16.0 Å². The first-order valence-electron chi connectivity index (χ1n) is 9.52. The van der Waals surface area contributed by atoms with E-state index in [0.717, 1.165) is 19.3 Å². The number of aromatic nitrogens is 1. The quantitative estimate of drug-likeness (QED) is 0.564. The highest BCUT2D eigenvalue weighted by Crippen LogP contribution is 2.29. The number of hydrogen-bond acceptors (Lipinski definition) is 6. The standard InChI is InChI=1S/C18H28N4O5/c1-10-16(11(2)27-22-10)21-18(25)20-14-6-5-13(26-15(14)9-23)7-8-19-17(24)12-3-4-12/h12-15,23H,3-9H2,1-2H3,(H,19,24)(H2,20,21,25)/t13-,14-,15-/m1/s1. The van der Waals surface area contributed by atoms with E-state index in [1.165, 1.54) is 0 Å². The average molecular weight is 380 g/mol. The van der Waals surface area contributed by atoms with Crippen LogP contribution in [0.3, 0.4) is 0 Å². The van der Waals surface area contributed by atoms with Crippen molar-refractivity contribution in [3.8, 4) is 0 Å². The van der Waals surface area contributed by atoms with Crippen LogP contribution in [0.15, 0.2) is 4.52 Å². The van der Waals surface area contributed by atoms with E-state index in [1.54, 1.807) is 13.8 Å². The van der Waals surface area contributed by atoms with Crippen molar-refractivity contribution in [3.63, 3.8) is 0 Å².